The van der Waals surface area contributed by atoms with Crippen LogP contribution in [0, 0.1) is 0 Å². The molecule has 1 saturated carbocycles. The first-order valence-corrected chi connectivity index (χ1v) is 6.60. The van der Waals surface area contributed by atoms with Gasteiger partial charge in [-0.3, -0.25) is 0 Å². The lowest BCUT2D eigenvalue weighted by Crippen LogP contribution is -2.28. The van der Waals surface area contributed by atoms with Gasteiger partial charge in [0.1, 0.15) is 5.75 Å². The van der Waals surface area contributed by atoms with Crippen LogP contribution in [0.15, 0.2) is 18.2 Å². The van der Waals surface area contributed by atoms with Gasteiger partial charge in [0, 0.05) is 5.54 Å². The molecule has 0 atom stereocenters. The minimum Gasteiger partial charge on any atom is -0.489 e. The van der Waals surface area contributed by atoms with Crippen LogP contribution in [0.1, 0.15) is 45.1 Å². The molecule has 0 saturated heterocycles. The molecule has 2 N–H and O–H groups in total. The minimum absolute atomic E-state index is 0.337. The summed E-state index contributed by atoms with van der Waals surface area (Å²) in [5, 5.41) is 0.660. The Morgan fingerprint density at radius 2 is 1.94 bits per heavy atom. The fraction of sp³-hybridized carbons (Fsp3) is 0.571. The predicted octanol–water partition coefficient (Wildman–Crippen LogP) is 3.86. The second-order valence-electron chi connectivity index (χ2n) is 5.39. The van der Waals surface area contributed by atoms with Gasteiger partial charge in [-0.15, -0.1) is 0 Å². The van der Waals surface area contributed by atoms with Crippen LogP contribution in [-0.4, -0.2) is 6.10 Å². The smallest absolute Gasteiger partial charge is 0.138 e. The lowest BCUT2D eigenvalue weighted by Gasteiger charge is -2.21. The number of benzene rings is 1. The standard InChI is InChI=1S/C14H20ClNO/c1-14(2,16)10-7-8-13(12(15)9-10)17-11-5-3-4-6-11/h7-9,11H,3-6,16H2,1-2H3. The highest BCUT2D eigenvalue weighted by atomic mass is 35.5. The van der Waals surface area contributed by atoms with Crippen molar-refractivity contribution in [1.82, 2.24) is 0 Å². The third-order valence-corrected chi connectivity index (χ3v) is 3.57. The molecule has 0 bridgehead atoms. The van der Waals surface area contributed by atoms with Crippen LogP contribution in [0.2, 0.25) is 5.02 Å². The van der Waals surface area contributed by atoms with Gasteiger partial charge in [0.2, 0.25) is 0 Å². The molecule has 94 valence electrons. The average molecular weight is 254 g/mol. The Morgan fingerprint density at radius 3 is 2.47 bits per heavy atom. The molecule has 0 unspecified atom stereocenters. The predicted molar refractivity (Wildman–Crippen MR) is 71.5 cm³/mol. The van der Waals surface area contributed by atoms with Crippen molar-refractivity contribution in [2.45, 2.75) is 51.2 Å². The Balaban J connectivity index is 2.14. The van der Waals surface area contributed by atoms with Crippen LogP contribution in [-0.2, 0) is 5.54 Å². The second kappa shape index (κ2) is 4.87. The van der Waals surface area contributed by atoms with E-state index in [1.54, 1.807) is 0 Å². The maximum Gasteiger partial charge on any atom is 0.138 e. The molecule has 2 rings (SSSR count). The van der Waals surface area contributed by atoms with Gasteiger partial charge in [0.15, 0.2) is 0 Å². The monoisotopic (exact) mass is 253 g/mol. The summed E-state index contributed by atoms with van der Waals surface area (Å²) in [4.78, 5) is 0. The van der Waals surface area contributed by atoms with Gasteiger partial charge in [-0.1, -0.05) is 17.7 Å². The highest BCUT2D eigenvalue weighted by Crippen LogP contribution is 2.32. The van der Waals surface area contributed by atoms with Gasteiger partial charge in [0.25, 0.3) is 0 Å². The van der Waals surface area contributed by atoms with Gasteiger partial charge in [0.05, 0.1) is 11.1 Å². The van der Waals surface area contributed by atoms with E-state index in [1.165, 1.54) is 12.8 Å². The third-order valence-electron chi connectivity index (χ3n) is 3.27. The molecule has 17 heavy (non-hydrogen) atoms. The van der Waals surface area contributed by atoms with Gasteiger partial charge in [-0.25, -0.2) is 0 Å². The summed E-state index contributed by atoms with van der Waals surface area (Å²) in [6.07, 6.45) is 5.14. The third kappa shape index (κ3) is 3.14. The van der Waals surface area contributed by atoms with Crippen LogP contribution in [0.4, 0.5) is 0 Å². The van der Waals surface area contributed by atoms with Crippen molar-refractivity contribution in [3.8, 4) is 5.75 Å². The van der Waals surface area contributed by atoms with E-state index in [0.29, 0.717) is 11.1 Å². The second-order valence-corrected chi connectivity index (χ2v) is 5.80. The van der Waals surface area contributed by atoms with Crippen molar-refractivity contribution >= 4 is 11.6 Å². The Kier molecular flexibility index (Phi) is 3.64. The molecule has 1 aliphatic carbocycles. The summed E-state index contributed by atoms with van der Waals surface area (Å²) in [6.45, 7) is 3.94. The molecule has 2 nitrogen and oxygen atoms in total. The first kappa shape index (κ1) is 12.7. The van der Waals surface area contributed by atoms with Crippen molar-refractivity contribution in [3.63, 3.8) is 0 Å². The van der Waals surface area contributed by atoms with Gasteiger partial charge in [-0.2, -0.15) is 0 Å². The summed E-state index contributed by atoms with van der Waals surface area (Å²) in [7, 11) is 0. The molecule has 1 aromatic rings. The molecule has 3 heteroatoms. The normalized spacial score (nSPS) is 17.4. The largest absolute Gasteiger partial charge is 0.489 e. The molecule has 1 fully saturated rings. The zero-order chi connectivity index (χ0) is 12.5. The number of halogens is 1. The van der Waals surface area contributed by atoms with Gasteiger partial charge in [-0.05, 0) is 57.2 Å². The van der Waals surface area contributed by atoms with Crippen LogP contribution in [0.5, 0.6) is 5.75 Å². The van der Waals surface area contributed by atoms with Crippen molar-refractivity contribution in [2.24, 2.45) is 5.73 Å². The summed E-state index contributed by atoms with van der Waals surface area (Å²) in [5.41, 5.74) is 6.70. The molecular formula is C14H20ClNO. The number of rotatable bonds is 3. The first-order chi connectivity index (χ1) is 7.97. The van der Waals surface area contributed by atoms with E-state index in [1.807, 2.05) is 32.0 Å². The fourth-order valence-corrected chi connectivity index (χ4v) is 2.41. The van der Waals surface area contributed by atoms with E-state index in [4.69, 9.17) is 22.1 Å². The SMILES string of the molecule is CC(C)(N)c1ccc(OC2CCCC2)c(Cl)c1. The van der Waals surface area contributed by atoms with Crippen molar-refractivity contribution in [1.29, 1.82) is 0 Å². The van der Waals surface area contributed by atoms with Gasteiger partial charge >= 0.3 is 0 Å². The number of ether oxygens (including phenoxy) is 1. The first-order valence-electron chi connectivity index (χ1n) is 6.22. The molecule has 1 aliphatic rings. The van der Waals surface area contributed by atoms with Crippen LogP contribution in [0.3, 0.4) is 0 Å². The van der Waals surface area contributed by atoms with Crippen molar-refractivity contribution in [2.75, 3.05) is 0 Å². The van der Waals surface area contributed by atoms with Crippen LogP contribution in [0.25, 0.3) is 0 Å². The lowest BCUT2D eigenvalue weighted by molar-refractivity contribution is 0.210. The van der Waals surface area contributed by atoms with Crippen LogP contribution < -0.4 is 10.5 Å². The number of hydrogen-bond acceptors (Lipinski definition) is 2. The highest BCUT2D eigenvalue weighted by Gasteiger charge is 2.19. The number of nitrogens with two attached hydrogens (primary N) is 1. The van der Waals surface area contributed by atoms with E-state index in [0.717, 1.165) is 24.2 Å². The molecule has 0 aromatic heterocycles. The van der Waals surface area contributed by atoms with E-state index in [9.17, 15) is 0 Å². The quantitative estimate of drug-likeness (QED) is 0.888. The van der Waals surface area contributed by atoms with E-state index < -0.39 is 0 Å². The van der Waals surface area contributed by atoms with E-state index in [-0.39, 0.29) is 5.54 Å². The average Bonchev–Trinajstić information content (AvgIpc) is 2.72. The summed E-state index contributed by atoms with van der Waals surface area (Å²) in [6, 6.07) is 5.84. The maximum absolute atomic E-state index is 6.23. The molecule has 0 amide bonds. The summed E-state index contributed by atoms with van der Waals surface area (Å²) in [5.74, 6) is 0.784. The molecule has 0 radical (unpaired) electrons. The van der Waals surface area contributed by atoms with Gasteiger partial charge < -0.3 is 10.5 Å². The zero-order valence-electron chi connectivity index (χ0n) is 10.5. The minimum atomic E-state index is -0.366. The van der Waals surface area contributed by atoms with Crippen molar-refractivity contribution < 1.29 is 4.74 Å². The lowest BCUT2D eigenvalue weighted by atomic mass is 9.96. The molecule has 0 heterocycles. The Morgan fingerprint density at radius 1 is 1.29 bits per heavy atom. The number of hydrogen-bond donors (Lipinski definition) is 1. The van der Waals surface area contributed by atoms with Crippen molar-refractivity contribution in [3.05, 3.63) is 28.8 Å². The Hall–Kier alpha value is -0.730. The highest BCUT2D eigenvalue weighted by molar-refractivity contribution is 6.32. The topological polar surface area (TPSA) is 35.2 Å². The maximum atomic E-state index is 6.23. The summed E-state index contributed by atoms with van der Waals surface area (Å²) < 4.78 is 5.90. The Bertz CT molecular complexity index is 392. The molecule has 1 aromatic carbocycles. The fourth-order valence-electron chi connectivity index (χ4n) is 2.18. The molecular weight excluding hydrogens is 234 g/mol. The molecule has 0 aliphatic heterocycles. The van der Waals surface area contributed by atoms with Crippen LogP contribution >= 0.6 is 11.6 Å². The molecule has 0 spiro atoms. The summed E-state index contributed by atoms with van der Waals surface area (Å²) >= 11 is 6.23. The Labute approximate surface area is 108 Å². The van der Waals surface area contributed by atoms with E-state index in [2.05, 4.69) is 0 Å². The van der Waals surface area contributed by atoms with E-state index >= 15 is 0 Å². The zero-order valence-corrected chi connectivity index (χ0v) is 11.3.